The van der Waals surface area contributed by atoms with Crippen molar-refractivity contribution in [2.24, 2.45) is 5.92 Å². The van der Waals surface area contributed by atoms with Gasteiger partial charge in [-0.15, -0.1) is 54.1 Å². The number of pyridine rings is 3. The van der Waals surface area contributed by atoms with E-state index in [4.69, 9.17) is 4.42 Å². The standard InChI is InChI=1S/C21H19N2O.C16H20NSi.Ir/c1-13(2)10-15-11-19(23-12-14(15)3)18-7-4-6-16-17-8-5-9-22-21(17)24-20(16)18;1-5-13-11-15(14-9-7-6-8-10-14)17-12-16(13)18(2,3)4;/h4-6,8-9,11-13H,10H2,1-3H3;6-9,11-12H,5H2,1-4H3;/q2*-1;. The van der Waals surface area contributed by atoms with E-state index in [0.29, 0.717) is 11.6 Å². The van der Waals surface area contributed by atoms with Gasteiger partial charge < -0.3 is 14.4 Å². The van der Waals surface area contributed by atoms with Gasteiger partial charge in [-0.2, -0.15) is 0 Å². The summed E-state index contributed by atoms with van der Waals surface area (Å²) >= 11 is 0. The summed E-state index contributed by atoms with van der Waals surface area (Å²) < 4.78 is 6.01. The van der Waals surface area contributed by atoms with Crippen LogP contribution in [0.2, 0.25) is 19.6 Å². The van der Waals surface area contributed by atoms with E-state index in [1.807, 2.05) is 48.7 Å². The molecule has 4 heterocycles. The van der Waals surface area contributed by atoms with Gasteiger partial charge in [0, 0.05) is 44.1 Å². The zero-order valence-corrected chi connectivity index (χ0v) is 29.5. The second kappa shape index (κ2) is 13.9. The molecule has 2 aromatic carbocycles. The Kier molecular flexibility index (Phi) is 10.5. The van der Waals surface area contributed by atoms with E-state index < -0.39 is 8.07 Å². The number of fused-ring (bicyclic) bond motifs is 3. The molecule has 4 aromatic heterocycles. The molecule has 0 fully saturated rings. The maximum Gasteiger partial charge on any atom is 0.216 e. The second-order valence-corrected chi connectivity index (χ2v) is 17.3. The SMILES string of the molecule is CCc1cc(-c2[c-]cccc2)ncc1[Si](C)(C)C.Cc1cnc(-c2[c-]ccc3c2oc2ncccc23)cc1CC(C)C.[Ir]. The fraction of sp³-hybridized carbons (Fsp3) is 0.270. The van der Waals surface area contributed by atoms with Crippen molar-refractivity contribution in [3.8, 4) is 22.5 Å². The van der Waals surface area contributed by atoms with Crippen LogP contribution < -0.4 is 5.19 Å². The van der Waals surface area contributed by atoms with Gasteiger partial charge in [0.25, 0.3) is 0 Å². The summed E-state index contributed by atoms with van der Waals surface area (Å²) in [6.07, 6.45) is 7.89. The quantitative estimate of drug-likeness (QED) is 0.126. The average Bonchev–Trinajstić information content (AvgIpc) is 3.37. The van der Waals surface area contributed by atoms with Crippen molar-refractivity contribution in [1.82, 2.24) is 15.0 Å². The van der Waals surface area contributed by atoms with Crippen molar-refractivity contribution in [2.75, 3.05) is 0 Å². The van der Waals surface area contributed by atoms with Crippen LogP contribution in [-0.4, -0.2) is 23.0 Å². The van der Waals surface area contributed by atoms with Gasteiger partial charge in [-0.05, 0) is 60.0 Å². The van der Waals surface area contributed by atoms with Crippen LogP contribution in [0, 0.1) is 25.0 Å². The summed E-state index contributed by atoms with van der Waals surface area (Å²) in [7, 11) is -1.30. The van der Waals surface area contributed by atoms with Crippen LogP contribution in [0.4, 0.5) is 0 Å². The minimum atomic E-state index is -1.30. The van der Waals surface area contributed by atoms with Crippen molar-refractivity contribution in [3.63, 3.8) is 0 Å². The molecule has 0 saturated carbocycles. The van der Waals surface area contributed by atoms with Gasteiger partial charge in [0.15, 0.2) is 0 Å². The molecule has 0 bridgehead atoms. The molecule has 6 rings (SSSR count). The Morgan fingerprint density at radius 3 is 2.30 bits per heavy atom. The molecule has 0 unspecified atom stereocenters. The summed E-state index contributed by atoms with van der Waals surface area (Å²) in [5, 5.41) is 3.56. The number of aryl methyl sites for hydroxylation is 2. The summed E-state index contributed by atoms with van der Waals surface area (Å²) in [6.45, 7) is 15.9. The molecule has 43 heavy (non-hydrogen) atoms. The number of benzene rings is 2. The summed E-state index contributed by atoms with van der Waals surface area (Å²) in [4.78, 5) is 13.6. The van der Waals surface area contributed by atoms with Gasteiger partial charge in [-0.1, -0.05) is 74.6 Å². The predicted octanol–water partition coefficient (Wildman–Crippen LogP) is 9.00. The van der Waals surface area contributed by atoms with Gasteiger partial charge in [0.1, 0.15) is 0 Å². The second-order valence-electron chi connectivity index (χ2n) is 12.3. The first-order chi connectivity index (χ1) is 20.2. The molecular formula is C37H39IrN3OSi-2. The van der Waals surface area contributed by atoms with Crippen molar-refractivity contribution < 1.29 is 24.5 Å². The van der Waals surface area contributed by atoms with Gasteiger partial charge in [0.05, 0.1) is 13.7 Å². The molecule has 1 radical (unpaired) electrons. The van der Waals surface area contributed by atoms with E-state index in [1.54, 1.807) is 6.20 Å². The Bertz CT molecular complexity index is 1820. The van der Waals surface area contributed by atoms with Gasteiger partial charge in [-0.25, -0.2) is 4.98 Å². The first kappa shape index (κ1) is 32.5. The smallest absolute Gasteiger partial charge is 0.216 e. The Morgan fingerprint density at radius 2 is 1.60 bits per heavy atom. The maximum atomic E-state index is 6.01. The number of hydrogen-bond acceptors (Lipinski definition) is 4. The van der Waals surface area contributed by atoms with E-state index in [1.165, 1.54) is 21.9 Å². The molecule has 4 nitrogen and oxygen atoms in total. The van der Waals surface area contributed by atoms with E-state index in [0.717, 1.165) is 51.7 Å². The monoisotopic (exact) mass is 762 g/mol. The Morgan fingerprint density at radius 1 is 0.837 bits per heavy atom. The first-order valence-electron chi connectivity index (χ1n) is 14.8. The van der Waals surface area contributed by atoms with Gasteiger partial charge in [-0.3, -0.25) is 0 Å². The topological polar surface area (TPSA) is 51.8 Å². The fourth-order valence-corrected chi connectivity index (χ4v) is 6.96. The van der Waals surface area contributed by atoms with Crippen LogP contribution in [0.5, 0.6) is 0 Å². The molecule has 0 saturated heterocycles. The molecule has 0 aliphatic rings. The molecule has 0 aliphatic heterocycles. The molecule has 0 N–H and O–H groups in total. The minimum Gasteiger partial charge on any atom is -0.486 e. The molecule has 0 amide bonds. The molecule has 0 aliphatic carbocycles. The maximum absolute atomic E-state index is 6.01. The normalized spacial score (nSPS) is 11.3. The van der Waals surface area contributed by atoms with E-state index in [-0.39, 0.29) is 20.1 Å². The van der Waals surface area contributed by atoms with Crippen LogP contribution in [0.1, 0.15) is 37.5 Å². The van der Waals surface area contributed by atoms with Crippen LogP contribution >= 0.6 is 0 Å². The molecule has 6 heteroatoms. The average molecular weight is 762 g/mol. The summed E-state index contributed by atoms with van der Waals surface area (Å²) in [6, 6.07) is 26.9. The third-order valence-electron chi connectivity index (χ3n) is 7.47. The number of hydrogen-bond donors (Lipinski definition) is 0. The van der Waals surface area contributed by atoms with Crippen molar-refractivity contribution in [1.29, 1.82) is 0 Å². The van der Waals surface area contributed by atoms with E-state index in [9.17, 15) is 0 Å². The van der Waals surface area contributed by atoms with Gasteiger partial charge >= 0.3 is 0 Å². The third kappa shape index (κ3) is 7.38. The Balaban J connectivity index is 0.000000201. The van der Waals surface area contributed by atoms with Crippen LogP contribution in [0.25, 0.3) is 44.6 Å². The van der Waals surface area contributed by atoms with Crippen LogP contribution in [0.15, 0.2) is 83.7 Å². The first-order valence-corrected chi connectivity index (χ1v) is 18.3. The predicted molar refractivity (Wildman–Crippen MR) is 178 cm³/mol. The number of nitrogens with zero attached hydrogens (tertiary/aromatic N) is 3. The molecular weight excluding hydrogens is 723 g/mol. The van der Waals surface area contributed by atoms with E-state index >= 15 is 0 Å². The number of rotatable bonds is 6. The largest absolute Gasteiger partial charge is 0.486 e. The van der Waals surface area contributed by atoms with E-state index in [2.05, 4.69) is 98.8 Å². The Labute approximate surface area is 270 Å². The zero-order chi connectivity index (χ0) is 29.9. The van der Waals surface area contributed by atoms with Crippen LogP contribution in [-0.2, 0) is 32.9 Å². The van der Waals surface area contributed by atoms with Crippen molar-refractivity contribution >= 4 is 35.3 Å². The third-order valence-corrected chi connectivity index (χ3v) is 9.54. The van der Waals surface area contributed by atoms with Gasteiger partial charge in [0.2, 0.25) is 5.71 Å². The van der Waals surface area contributed by atoms with Crippen molar-refractivity contribution in [2.45, 2.75) is 60.2 Å². The number of aromatic nitrogens is 3. The molecule has 223 valence electrons. The molecule has 0 atom stereocenters. The molecule has 0 spiro atoms. The minimum absolute atomic E-state index is 0. The summed E-state index contributed by atoms with van der Waals surface area (Å²) in [5.41, 5.74) is 9.37. The van der Waals surface area contributed by atoms with Crippen molar-refractivity contribution in [3.05, 3.63) is 108 Å². The fourth-order valence-electron chi connectivity index (χ4n) is 5.29. The molecule has 6 aromatic rings. The number of furan rings is 1. The Hall–Kier alpha value is -3.44. The van der Waals surface area contributed by atoms with Crippen LogP contribution in [0.3, 0.4) is 0 Å². The zero-order valence-electron chi connectivity index (χ0n) is 26.1. The summed E-state index contributed by atoms with van der Waals surface area (Å²) in [5.74, 6) is 0.606.